The lowest BCUT2D eigenvalue weighted by molar-refractivity contribution is -0.121. The molecule has 15 heavy (non-hydrogen) atoms. The topological polar surface area (TPSA) is 49.4 Å². The van der Waals surface area contributed by atoms with Crippen LogP contribution in [0.4, 0.5) is 4.79 Å². The number of nitrogens with one attached hydrogen (secondary N) is 1. The van der Waals surface area contributed by atoms with E-state index in [0.29, 0.717) is 18.6 Å². The van der Waals surface area contributed by atoms with Gasteiger partial charge in [-0.1, -0.05) is 6.92 Å². The van der Waals surface area contributed by atoms with Crippen LogP contribution in [0.25, 0.3) is 0 Å². The Morgan fingerprint density at radius 3 is 2.60 bits per heavy atom. The summed E-state index contributed by atoms with van der Waals surface area (Å²) in [6.45, 7) is 2.74. The van der Waals surface area contributed by atoms with Crippen molar-refractivity contribution in [3.63, 3.8) is 0 Å². The van der Waals surface area contributed by atoms with Crippen LogP contribution in [0.5, 0.6) is 0 Å². The van der Waals surface area contributed by atoms with E-state index in [1.807, 2.05) is 14.0 Å². The molecule has 1 N–H and O–H groups in total. The second kappa shape index (κ2) is 5.73. The van der Waals surface area contributed by atoms with E-state index < -0.39 is 0 Å². The van der Waals surface area contributed by atoms with Crippen molar-refractivity contribution in [3.05, 3.63) is 0 Å². The third kappa shape index (κ3) is 3.53. The van der Waals surface area contributed by atoms with Crippen molar-refractivity contribution < 1.29 is 9.59 Å². The van der Waals surface area contributed by atoms with Crippen LogP contribution in [-0.2, 0) is 4.79 Å². The Hall–Kier alpha value is -1.06. The molecular weight excluding hydrogens is 192 g/mol. The van der Waals surface area contributed by atoms with Crippen LogP contribution in [-0.4, -0.2) is 36.3 Å². The van der Waals surface area contributed by atoms with Gasteiger partial charge in [0.05, 0.1) is 0 Å². The van der Waals surface area contributed by atoms with Crippen molar-refractivity contribution in [3.8, 4) is 0 Å². The summed E-state index contributed by atoms with van der Waals surface area (Å²) >= 11 is 0. The number of ketones is 1. The van der Waals surface area contributed by atoms with Crippen LogP contribution in [0.2, 0.25) is 0 Å². The van der Waals surface area contributed by atoms with Gasteiger partial charge in [-0.05, 0) is 19.3 Å². The fraction of sp³-hybridized carbons (Fsp3) is 0.818. The molecule has 86 valence electrons. The average Bonchev–Trinajstić information content (AvgIpc) is 2.26. The molecule has 0 aromatic rings. The van der Waals surface area contributed by atoms with E-state index in [1.165, 1.54) is 0 Å². The first kappa shape index (κ1) is 12.0. The van der Waals surface area contributed by atoms with Crippen molar-refractivity contribution in [1.82, 2.24) is 10.2 Å². The fourth-order valence-corrected chi connectivity index (χ4v) is 1.83. The second-order valence-electron chi connectivity index (χ2n) is 4.11. The molecule has 0 spiro atoms. The van der Waals surface area contributed by atoms with Gasteiger partial charge >= 0.3 is 6.03 Å². The lowest BCUT2D eigenvalue weighted by atomic mass is 9.93. The van der Waals surface area contributed by atoms with Gasteiger partial charge in [0, 0.05) is 32.5 Å². The monoisotopic (exact) mass is 212 g/mol. The molecule has 4 nitrogen and oxygen atoms in total. The quantitative estimate of drug-likeness (QED) is 0.771. The summed E-state index contributed by atoms with van der Waals surface area (Å²) in [5.74, 6) is 0.327. The number of hydrogen-bond acceptors (Lipinski definition) is 2. The number of amides is 2. The molecule has 0 aliphatic heterocycles. The smallest absolute Gasteiger partial charge is 0.317 e. The third-order valence-electron chi connectivity index (χ3n) is 2.91. The zero-order valence-electron chi connectivity index (χ0n) is 9.58. The van der Waals surface area contributed by atoms with Gasteiger partial charge in [-0.3, -0.25) is 4.79 Å². The first-order valence-corrected chi connectivity index (χ1v) is 5.67. The van der Waals surface area contributed by atoms with Gasteiger partial charge in [0.25, 0.3) is 0 Å². The maximum absolute atomic E-state index is 11.6. The molecule has 0 saturated heterocycles. The predicted molar refractivity (Wildman–Crippen MR) is 58.7 cm³/mol. The Labute approximate surface area is 91.0 Å². The van der Waals surface area contributed by atoms with Gasteiger partial charge in [0.15, 0.2) is 0 Å². The summed E-state index contributed by atoms with van der Waals surface area (Å²) in [5.41, 5.74) is 0. The highest BCUT2D eigenvalue weighted by molar-refractivity contribution is 5.80. The maximum Gasteiger partial charge on any atom is 0.317 e. The van der Waals surface area contributed by atoms with Crippen molar-refractivity contribution in [1.29, 1.82) is 0 Å². The molecule has 0 bridgehead atoms. The van der Waals surface area contributed by atoms with Gasteiger partial charge in [-0.25, -0.2) is 4.79 Å². The zero-order valence-corrected chi connectivity index (χ0v) is 9.58. The highest BCUT2D eigenvalue weighted by atomic mass is 16.2. The Kier molecular flexibility index (Phi) is 4.59. The van der Waals surface area contributed by atoms with E-state index in [2.05, 4.69) is 5.32 Å². The van der Waals surface area contributed by atoms with Crippen LogP contribution in [0.15, 0.2) is 0 Å². The van der Waals surface area contributed by atoms with E-state index >= 15 is 0 Å². The molecule has 0 unspecified atom stereocenters. The SMILES string of the molecule is CCCNC(=O)N(C)C1CCC(=O)CC1. The Morgan fingerprint density at radius 1 is 1.47 bits per heavy atom. The number of rotatable bonds is 3. The molecule has 0 heterocycles. The Morgan fingerprint density at radius 2 is 2.07 bits per heavy atom. The number of nitrogens with zero attached hydrogens (tertiary/aromatic N) is 1. The summed E-state index contributed by atoms with van der Waals surface area (Å²) in [5, 5.41) is 2.84. The van der Waals surface area contributed by atoms with Crippen molar-refractivity contribution >= 4 is 11.8 Å². The lowest BCUT2D eigenvalue weighted by Crippen LogP contribution is -2.45. The lowest BCUT2D eigenvalue weighted by Gasteiger charge is -2.30. The predicted octanol–water partition coefficient (Wildman–Crippen LogP) is 1.55. The molecule has 1 aliphatic carbocycles. The normalized spacial score (nSPS) is 17.6. The highest BCUT2D eigenvalue weighted by Gasteiger charge is 2.24. The first-order valence-electron chi connectivity index (χ1n) is 5.67. The summed E-state index contributed by atoms with van der Waals surface area (Å²) in [4.78, 5) is 24.4. The van der Waals surface area contributed by atoms with Gasteiger partial charge in [-0.15, -0.1) is 0 Å². The molecule has 4 heteroatoms. The van der Waals surface area contributed by atoms with E-state index in [0.717, 1.165) is 25.8 Å². The number of Topliss-reactive ketones (excluding diaryl/α,β-unsaturated/α-hetero) is 1. The number of hydrogen-bond donors (Lipinski definition) is 1. The highest BCUT2D eigenvalue weighted by Crippen LogP contribution is 2.19. The molecule has 0 aromatic heterocycles. The molecule has 2 amide bonds. The van der Waals surface area contributed by atoms with Crippen LogP contribution < -0.4 is 5.32 Å². The average molecular weight is 212 g/mol. The van der Waals surface area contributed by atoms with E-state index in [-0.39, 0.29) is 12.1 Å². The second-order valence-corrected chi connectivity index (χ2v) is 4.11. The number of carbonyl (C=O) groups excluding carboxylic acids is 2. The first-order chi connectivity index (χ1) is 7.15. The van der Waals surface area contributed by atoms with Crippen LogP contribution in [0, 0.1) is 0 Å². The van der Waals surface area contributed by atoms with Crippen LogP contribution in [0.3, 0.4) is 0 Å². The molecule has 0 radical (unpaired) electrons. The van der Waals surface area contributed by atoms with E-state index in [4.69, 9.17) is 0 Å². The van der Waals surface area contributed by atoms with Gasteiger partial charge in [0.2, 0.25) is 0 Å². The molecule has 1 rings (SSSR count). The van der Waals surface area contributed by atoms with Crippen molar-refractivity contribution in [2.24, 2.45) is 0 Å². The minimum Gasteiger partial charge on any atom is -0.338 e. The van der Waals surface area contributed by atoms with Crippen molar-refractivity contribution in [2.45, 2.75) is 45.1 Å². The van der Waals surface area contributed by atoms with Crippen LogP contribution >= 0.6 is 0 Å². The van der Waals surface area contributed by atoms with Gasteiger partial charge in [0.1, 0.15) is 5.78 Å². The number of carbonyl (C=O) groups is 2. The summed E-state index contributed by atoms with van der Waals surface area (Å²) in [6.07, 6.45) is 3.82. The Balaban J connectivity index is 2.35. The zero-order chi connectivity index (χ0) is 11.3. The molecular formula is C11H20N2O2. The van der Waals surface area contributed by atoms with E-state index in [1.54, 1.807) is 4.90 Å². The largest absolute Gasteiger partial charge is 0.338 e. The van der Waals surface area contributed by atoms with E-state index in [9.17, 15) is 9.59 Å². The summed E-state index contributed by atoms with van der Waals surface area (Å²) in [7, 11) is 1.81. The minimum atomic E-state index is -0.0174. The Bertz CT molecular complexity index is 231. The van der Waals surface area contributed by atoms with Gasteiger partial charge < -0.3 is 10.2 Å². The molecule has 1 fully saturated rings. The minimum absolute atomic E-state index is 0.0174. The van der Waals surface area contributed by atoms with Gasteiger partial charge in [-0.2, -0.15) is 0 Å². The third-order valence-corrected chi connectivity index (χ3v) is 2.91. The van der Waals surface area contributed by atoms with Crippen LogP contribution in [0.1, 0.15) is 39.0 Å². The number of urea groups is 1. The summed E-state index contributed by atoms with van der Waals surface area (Å²) < 4.78 is 0. The standard InChI is InChI=1S/C11H20N2O2/c1-3-8-12-11(15)13(2)9-4-6-10(14)7-5-9/h9H,3-8H2,1-2H3,(H,12,15). The molecule has 0 aromatic carbocycles. The maximum atomic E-state index is 11.6. The molecule has 1 saturated carbocycles. The van der Waals surface area contributed by atoms with Crippen molar-refractivity contribution in [2.75, 3.05) is 13.6 Å². The molecule has 1 aliphatic rings. The summed E-state index contributed by atoms with van der Waals surface area (Å²) in [6, 6.07) is 0.218. The fourth-order valence-electron chi connectivity index (χ4n) is 1.83. The molecule has 0 atom stereocenters.